The number of carboxylic acid groups (broad SMARTS) is 1. The van der Waals surface area contributed by atoms with Crippen LogP contribution in [0.25, 0.3) is 0 Å². The van der Waals surface area contributed by atoms with Crippen LogP contribution < -0.4 is 0 Å². The number of hydrogen-bond acceptors (Lipinski definition) is 3. The molecule has 0 saturated carbocycles. The van der Waals surface area contributed by atoms with Gasteiger partial charge in [-0.3, -0.25) is 9.00 Å². The summed E-state index contributed by atoms with van der Waals surface area (Å²) < 4.78 is 42.3. The lowest BCUT2D eigenvalue weighted by Crippen LogP contribution is -2.30. The van der Waals surface area contributed by atoms with Crippen molar-refractivity contribution in [3.8, 4) is 0 Å². The van der Waals surface area contributed by atoms with Gasteiger partial charge in [-0.05, 0) is 12.1 Å². The van der Waals surface area contributed by atoms with Crippen LogP contribution in [0.3, 0.4) is 0 Å². The van der Waals surface area contributed by atoms with Gasteiger partial charge in [0.1, 0.15) is 11.6 Å². The minimum absolute atomic E-state index is 0.321. The summed E-state index contributed by atoms with van der Waals surface area (Å²) in [7, 11) is -0.893. The molecule has 0 heterocycles. The molecule has 0 radical (unpaired) electrons. The van der Waals surface area contributed by atoms with Gasteiger partial charge in [-0.2, -0.15) is 0 Å². The van der Waals surface area contributed by atoms with Crippen molar-refractivity contribution in [1.29, 1.82) is 0 Å². The summed E-state index contributed by atoms with van der Waals surface area (Å²) in [6, 6.07) is 2.44. The number of rotatable bonds is 5. The van der Waals surface area contributed by atoms with Gasteiger partial charge >= 0.3 is 5.97 Å². The predicted molar refractivity (Wildman–Crippen MR) is 56.1 cm³/mol. The Morgan fingerprint density at radius 3 is 2.65 bits per heavy atom. The van der Waals surface area contributed by atoms with Gasteiger partial charge < -0.3 is 9.84 Å². The van der Waals surface area contributed by atoms with Crippen molar-refractivity contribution in [2.45, 2.75) is 10.1 Å². The molecule has 0 spiro atoms. The van der Waals surface area contributed by atoms with E-state index in [1.165, 1.54) is 7.11 Å². The van der Waals surface area contributed by atoms with Gasteiger partial charge in [-0.15, -0.1) is 0 Å². The molecular formula is C10H10F2O4S. The number of ether oxygens (including phenoxy) is 1. The van der Waals surface area contributed by atoms with Gasteiger partial charge in [0.15, 0.2) is 5.25 Å². The van der Waals surface area contributed by atoms with Crippen LogP contribution in [0.2, 0.25) is 0 Å². The molecule has 17 heavy (non-hydrogen) atoms. The molecule has 0 fully saturated rings. The first-order valence-corrected chi connectivity index (χ1v) is 5.76. The summed E-state index contributed by atoms with van der Waals surface area (Å²) in [4.78, 5) is 10.5. The van der Waals surface area contributed by atoms with E-state index in [-0.39, 0.29) is 11.5 Å². The molecular weight excluding hydrogens is 254 g/mol. The van der Waals surface area contributed by atoms with Gasteiger partial charge in [0.25, 0.3) is 0 Å². The number of benzene rings is 1. The van der Waals surface area contributed by atoms with E-state index in [1.54, 1.807) is 0 Å². The highest BCUT2D eigenvalue weighted by atomic mass is 32.2. The molecule has 0 aliphatic rings. The first-order chi connectivity index (χ1) is 7.97. The average molecular weight is 264 g/mol. The fraction of sp³-hybridized carbons (Fsp3) is 0.300. The number of aliphatic carboxylic acids is 1. The second kappa shape index (κ2) is 5.83. The lowest BCUT2D eigenvalue weighted by atomic mass is 10.3. The lowest BCUT2D eigenvalue weighted by molar-refractivity contribution is -0.137. The summed E-state index contributed by atoms with van der Waals surface area (Å²) in [5.41, 5.74) is 0. The quantitative estimate of drug-likeness (QED) is 0.867. The molecule has 0 amide bonds. The summed E-state index contributed by atoms with van der Waals surface area (Å²) in [5, 5.41) is 7.42. The van der Waals surface area contributed by atoms with Crippen LogP contribution >= 0.6 is 0 Å². The Bertz CT molecular complexity index is 450. The third-order valence-corrected chi connectivity index (χ3v) is 3.58. The zero-order valence-corrected chi connectivity index (χ0v) is 9.67. The van der Waals surface area contributed by atoms with E-state index in [1.807, 2.05) is 0 Å². The van der Waals surface area contributed by atoms with Crippen LogP contribution in [0.1, 0.15) is 0 Å². The summed E-state index contributed by atoms with van der Waals surface area (Å²) in [5.74, 6) is -3.22. The predicted octanol–water partition coefficient (Wildman–Crippen LogP) is 1.17. The second-order valence-electron chi connectivity index (χ2n) is 3.15. The zero-order valence-electron chi connectivity index (χ0n) is 8.85. The van der Waals surface area contributed by atoms with E-state index < -0.39 is 33.7 Å². The van der Waals surface area contributed by atoms with Crippen molar-refractivity contribution >= 4 is 16.8 Å². The topological polar surface area (TPSA) is 63.6 Å². The third-order valence-electron chi connectivity index (χ3n) is 1.96. The van der Waals surface area contributed by atoms with Crippen LogP contribution in [0.4, 0.5) is 8.78 Å². The maximum Gasteiger partial charge on any atom is 0.322 e. The first-order valence-electron chi connectivity index (χ1n) is 4.54. The Kier molecular flexibility index (Phi) is 4.71. The van der Waals surface area contributed by atoms with E-state index in [2.05, 4.69) is 4.74 Å². The average Bonchev–Trinajstić information content (AvgIpc) is 2.24. The van der Waals surface area contributed by atoms with Crippen LogP contribution in [0.5, 0.6) is 0 Å². The third kappa shape index (κ3) is 3.31. The van der Waals surface area contributed by atoms with E-state index in [4.69, 9.17) is 5.11 Å². The van der Waals surface area contributed by atoms with Crippen LogP contribution in [-0.4, -0.2) is 34.3 Å². The number of hydrogen-bond donors (Lipinski definition) is 1. The standard InChI is InChI=1S/C10H10F2O4S/c1-16-5-9(10(13)14)17(15)8-3-2-6(11)4-7(8)12/h2-4,9H,5H2,1H3,(H,13,14). The van der Waals surface area contributed by atoms with Gasteiger partial charge in [-0.25, -0.2) is 8.78 Å². The highest BCUT2D eigenvalue weighted by molar-refractivity contribution is 7.86. The highest BCUT2D eigenvalue weighted by Crippen LogP contribution is 2.17. The Labute approximate surface area is 98.7 Å². The Morgan fingerprint density at radius 1 is 1.53 bits per heavy atom. The summed E-state index contributed by atoms with van der Waals surface area (Å²) in [6.07, 6.45) is 0. The lowest BCUT2D eigenvalue weighted by Gasteiger charge is -2.11. The second-order valence-corrected chi connectivity index (χ2v) is 4.76. The highest BCUT2D eigenvalue weighted by Gasteiger charge is 2.27. The number of halogens is 2. The normalized spacial score (nSPS) is 14.3. The molecule has 1 aromatic carbocycles. The largest absolute Gasteiger partial charge is 0.480 e. The maximum atomic E-state index is 13.3. The van der Waals surface area contributed by atoms with Crippen LogP contribution in [0, 0.1) is 11.6 Å². The number of carbonyl (C=O) groups is 1. The van der Waals surface area contributed by atoms with Gasteiger partial charge in [0.05, 0.1) is 22.3 Å². The van der Waals surface area contributed by atoms with Gasteiger partial charge in [-0.1, -0.05) is 0 Å². The van der Waals surface area contributed by atoms with Crippen molar-refractivity contribution in [2.24, 2.45) is 0 Å². The molecule has 0 bridgehead atoms. The minimum atomic E-state index is -2.14. The summed E-state index contributed by atoms with van der Waals surface area (Å²) >= 11 is 0. The molecule has 2 atom stereocenters. The summed E-state index contributed by atoms with van der Waals surface area (Å²) in [6.45, 7) is -0.321. The number of methoxy groups -OCH3 is 1. The Hall–Kier alpha value is -1.34. The van der Waals surface area contributed by atoms with E-state index in [0.29, 0.717) is 6.07 Å². The smallest absolute Gasteiger partial charge is 0.322 e. The molecule has 1 aromatic rings. The van der Waals surface area contributed by atoms with E-state index >= 15 is 0 Å². The fourth-order valence-electron chi connectivity index (χ4n) is 1.17. The first kappa shape index (κ1) is 13.7. The number of carboxylic acids is 1. The van der Waals surface area contributed by atoms with Crippen molar-refractivity contribution in [3.05, 3.63) is 29.8 Å². The maximum absolute atomic E-state index is 13.3. The van der Waals surface area contributed by atoms with Crippen LogP contribution in [0.15, 0.2) is 23.1 Å². The SMILES string of the molecule is COCC(C(=O)O)S(=O)c1ccc(F)cc1F. The molecule has 0 aliphatic carbocycles. The zero-order chi connectivity index (χ0) is 13.0. The van der Waals surface area contributed by atoms with Crippen molar-refractivity contribution in [1.82, 2.24) is 0 Å². The van der Waals surface area contributed by atoms with E-state index in [9.17, 15) is 17.8 Å². The van der Waals surface area contributed by atoms with Crippen molar-refractivity contribution in [3.63, 3.8) is 0 Å². The molecule has 4 nitrogen and oxygen atoms in total. The van der Waals surface area contributed by atoms with Crippen molar-refractivity contribution < 1.29 is 27.6 Å². The molecule has 7 heteroatoms. The Balaban J connectivity index is 3.05. The Morgan fingerprint density at radius 2 is 2.18 bits per heavy atom. The molecule has 2 unspecified atom stereocenters. The monoisotopic (exact) mass is 264 g/mol. The fourth-order valence-corrected chi connectivity index (χ4v) is 2.37. The van der Waals surface area contributed by atoms with Gasteiger partial charge in [0, 0.05) is 13.2 Å². The van der Waals surface area contributed by atoms with Gasteiger partial charge in [0.2, 0.25) is 0 Å². The molecule has 1 N–H and O–H groups in total. The van der Waals surface area contributed by atoms with Crippen molar-refractivity contribution in [2.75, 3.05) is 13.7 Å². The van der Waals surface area contributed by atoms with Crippen LogP contribution in [-0.2, 0) is 20.3 Å². The molecule has 94 valence electrons. The molecule has 0 saturated heterocycles. The van der Waals surface area contributed by atoms with E-state index in [0.717, 1.165) is 12.1 Å². The molecule has 1 rings (SSSR count). The minimum Gasteiger partial charge on any atom is -0.480 e. The molecule has 0 aromatic heterocycles. The molecule has 0 aliphatic heterocycles.